The Balaban J connectivity index is 1.30. The number of hydrazine groups is 1. The minimum atomic E-state index is -0.169. The molecule has 3 aliphatic rings. The highest BCUT2D eigenvalue weighted by atomic mass is 35.5. The van der Waals surface area contributed by atoms with Crippen molar-refractivity contribution >= 4 is 17.5 Å². The molecule has 2 unspecified atom stereocenters. The molecular formula is C20H29ClN4O. The average Bonchev–Trinajstić information content (AvgIpc) is 3.18. The number of nitrogens with zero attached hydrogens (tertiary/aromatic N) is 2. The van der Waals surface area contributed by atoms with Crippen LogP contribution in [-0.2, 0) is 4.79 Å². The van der Waals surface area contributed by atoms with E-state index in [1.807, 2.05) is 29.2 Å². The van der Waals surface area contributed by atoms with Crippen LogP contribution in [0, 0.1) is 0 Å². The molecule has 2 heterocycles. The van der Waals surface area contributed by atoms with Crippen LogP contribution in [0.4, 0.5) is 0 Å². The maximum absolute atomic E-state index is 12.9. The summed E-state index contributed by atoms with van der Waals surface area (Å²) in [5.41, 5.74) is 7.50. The lowest BCUT2D eigenvalue weighted by Gasteiger charge is -2.41. The Hall–Kier alpha value is -1.14. The number of nitrogens with one attached hydrogen (secondary N) is 2. The third kappa shape index (κ3) is 3.91. The second-order valence-corrected chi connectivity index (χ2v) is 8.21. The minimum Gasteiger partial charge on any atom is -0.339 e. The number of carbonyl (C=O) groups is 1. The van der Waals surface area contributed by atoms with Gasteiger partial charge in [0.2, 0.25) is 5.91 Å². The Bertz CT molecular complexity index is 626. The van der Waals surface area contributed by atoms with E-state index in [-0.39, 0.29) is 18.0 Å². The summed E-state index contributed by atoms with van der Waals surface area (Å²) < 4.78 is 0. The number of carbonyl (C=O) groups excluding carboxylic acids is 1. The van der Waals surface area contributed by atoms with Crippen LogP contribution in [0.15, 0.2) is 24.3 Å². The molecule has 1 aromatic carbocycles. The van der Waals surface area contributed by atoms with E-state index in [0.717, 1.165) is 49.2 Å². The highest BCUT2D eigenvalue weighted by Crippen LogP contribution is 2.29. The summed E-state index contributed by atoms with van der Waals surface area (Å²) in [5, 5.41) is 0.751. The largest absolute Gasteiger partial charge is 0.339 e. The predicted octanol–water partition coefficient (Wildman–Crippen LogP) is 2.72. The third-order valence-corrected chi connectivity index (χ3v) is 6.54. The topological polar surface area (TPSA) is 47.6 Å². The number of rotatable bonds is 3. The number of hydrogen-bond acceptors (Lipinski definition) is 4. The lowest BCUT2D eigenvalue weighted by atomic mass is 9.94. The highest BCUT2D eigenvalue weighted by Gasteiger charge is 2.35. The van der Waals surface area contributed by atoms with Crippen LogP contribution in [0.3, 0.4) is 0 Å². The van der Waals surface area contributed by atoms with Gasteiger partial charge < -0.3 is 4.90 Å². The zero-order valence-corrected chi connectivity index (χ0v) is 16.0. The van der Waals surface area contributed by atoms with Crippen LogP contribution in [0.1, 0.15) is 50.1 Å². The maximum Gasteiger partial charge on any atom is 0.241 e. The summed E-state index contributed by atoms with van der Waals surface area (Å²) >= 11 is 6.30. The lowest BCUT2D eigenvalue weighted by molar-refractivity contribution is -0.135. The first-order valence-electron chi connectivity index (χ1n) is 10.0. The molecule has 3 fully saturated rings. The normalized spacial score (nSPS) is 28.4. The molecular weight excluding hydrogens is 348 g/mol. The van der Waals surface area contributed by atoms with Gasteiger partial charge in [-0.3, -0.25) is 9.69 Å². The van der Waals surface area contributed by atoms with Crippen LogP contribution >= 0.6 is 11.6 Å². The summed E-state index contributed by atoms with van der Waals surface area (Å²) in [6.07, 6.45) is 7.53. The van der Waals surface area contributed by atoms with Crippen molar-refractivity contribution in [3.8, 4) is 0 Å². The first kappa shape index (κ1) is 18.2. The zero-order chi connectivity index (χ0) is 17.9. The van der Waals surface area contributed by atoms with E-state index in [2.05, 4.69) is 15.8 Å². The molecule has 142 valence electrons. The molecule has 6 heteroatoms. The molecule has 4 rings (SSSR count). The number of halogens is 1. The van der Waals surface area contributed by atoms with Crippen molar-refractivity contribution in [1.82, 2.24) is 20.7 Å². The van der Waals surface area contributed by atoms with Crippen molar-refractivity contribution in [3.05, 3.63) is 34.9 Å². The van der Waals surface area contributed by atoms with Gasteiger partial charge in [-0.2, -0.15) is 0 Å². The molecule has 2 aliphatic heterocycles. The fourth-order valence-electron chi connectivity index (χ4n) is 4.65. The smallest absolute Gasteiger partial charge is 0.241 e. The van der Waals surface area contributed by atoms with Gasteiger partial charge in [0.1, 0.15) is 6.04 Å². The van der Waals surface area contributed by atoms with E-state index in [0.29, 0.717) is 0 Å². The molecule has 1 aromatic rings. The second kappa shape index (κ2) is 8.26. The Morgan fingerprint density at radius 3 is 2.46 bits per heavy atom. The Labute approximate surface area is 161 Å². The molecule has 2 atom stereocenters. The molecule has 2 N–H and O–H groups in total. The molecule has 1 amide bonds. The van der Waals surface area contributed by atoms with Gasteiger partial charge in [0.25, 0.3) is 0 Å². The average molecular weight is 377 g/mol. The number of piperazine rings is 1. The zero-order valence-electron chi connectivity index (χ0n) is 15.3. The molecule has 0 aromatic heterocycles. The monoisotopic (exact) mass is 376 g/mol. The Morgan fingerprint density at radius 2 is 1.73 bits per heavy atom. The first-order valence-corrected chi connectivity index (χ1v) is 10.4. The molecule has 5 nitrogen and oxygen atoms in total. The number of benzene rings is 1. The minimum absolute atomic E-state index is 0.0844. The summed E-state index contributed by atoms with van der Waals surface area (Å²) in [7, 11) is 0. The van der Waals surface area contributed by atoms with Gasteiger partial charge >= 0.3 is 0 Å². The van der Waals surface area contributed by atoms with E-state index >= 15 is 0 Å². The van der Waals surface area contributed by atoms with Crippen molar-refractivity contribution in [2.24, 2.45) is 0 Å². The molecule has 0 spiro atoms. The predicted molar refractivity (Wildman–Crippen MR) is 104 cm³/mol. The molecule has 0 radical (unpaired) electrons. The standard InChI is InChI=1S/C20H29ClN4O/c21-17-9-5-4-8-16(17)18-14-19(23-22-18)20(26)25-12-10-24(11-13-25)15-6-2-1-3-7-15/h4-5,8-9,15,18-19,22-23H,1-3,6-7,10-14H2. The van der Waals surface area contributed by atoms with Crippen molar-refractivity contribution in [2.45, 2.75) is 56.7 Å². The van der Waals surface area contributed by atoms with Crippen LogP contribution < -0.4 is 10.9 Å². The Morgan fingerprint density at radius 1 is 1.00 bits per heavy atom. The molecule has 1 aliphatic carbocycles. The van der Waals surface area contributed by atoms with E-state index in [9.17, 15) is 4.79 Å². The van der Waals surface area contributed by atoms with Gasteiger partial charge in [-0.25, -0.2) is 10.9 Å². The van der Waals surface area contributed by atoms with Crippen LogP contribution in [0.5, 0.6) is 0 Å². The van der Waals surface area contributed by atoms with E-state index < -0.39 is 0 Å². The van der Waals surface area contributed by atoms with Gasteiger partial charge in [-0.05, 0) is 30.9 Å². The van der Waals surface area contributed by atoms with Crippen molar-refractivity contribution in [2.75, 3.05) is 26.2 Å². The molecule has 1 saturated carbocycles. The fraction of sp³-hybridized carbons (Fsp3) is 0.650. The van der Waals surface area contributed by atoms with Gasteiger partial charge in [0.05, 0.1) is 0 Å². The van der Waals surface area contributed by atoms with Gasteiger partial charge in [0, 0.05) is 43.3 Å². The van der Waals surface area contributed by atoms with Crippen molar-refractivity contribution in [3.63, 3.8) is 0 Å². The van der Waals surface area contributed by atoms with Crippen LogP contribution in [0.2, 0.25) is 5.02 Å². The molecule has 26 heavy (non-hydrogen) atoms. The highest BCUT2D eigenvalue weighted by molar-refractivity contribution is 6.31. The third-order valence-electron chi connectivity index (χ3n) is 6.20. The van der Waals surface area contributed by atoms with E-state index in [4.69, 9.17) is 11.6 Å². The van der Waals surface area contributed by atoms with Crippen LogP contribution in [-0.4, -0.2) is 54.0 Å². The number of amides is 1. The maximum atomic E-state index is 12.9. The summed E-state index contributed by atoms with van der Waals surface area (Å²) in [6.45, 7) is 3.74. The summed E-state index contributed by atoms with van der Waals surface area (Å²) in [4.78, 5) is 17.6. The van der Waals surface area contributed by atoms with Crippen molar-refractivity contribution < 1.29 is 4.79 Å². The van der Waals surface area contributed by atoms with Crippen molar-refractivity contribution in [1.29, 1.82) is 0 Å². The summed E-state index contributed by atoms with van der Waals surface area (Å²) in [5.74, 6) is 0.218. The molecule has 0 bridgehead atoms. The van der Waals surface area contributed by atoms with Gasteiger partial charge in [0.15, 0.2) is 0 Å². The van der Waals surface area contributed by atoms with Crippen LogP contribution in [0.25, 0.3) is 0 Å². The van der Waals surface area contributed by atoms with Gasteiger partial charge in [-0.1, -0.05) is 49.1 Å². The SMILES string of the molecule is O=C(C1CC(c2ccccc2Cl)NN1)N1CCN(C2CCCCC2)CC1. The van der Waals surface area contributed by atoms with E-state index in [1.165, 1.54) is 32.1 Å². The van der Waals surface area contributed by atoms with Gasteiger partial charge in [-0.15, -0.1) is 0 Å². The first-order chi connectivity index (χ1) is 12.7. The second-order valence-electron chi connectivity index (χ2n) is 7.80. The Kier molecular flexibility index (Phi) is 5.79. The number of hydrogen-bond donors (Lipinski definition) is 2. The molecule has 2 saturated heterocycles. The summed E-state index contributed by atoms with van der Waals surface area (Å²) in [6, 6.07) is 8.51. The fourth-order valence-corrected chi connectivity index (χ4v) is 4.92. The lowest BCUT2D eigenvalue weighted by Crippen LogP contribution is -2.55. The quantitative estimate of drug-likeness (QED) is 0.851. The van der Waals surface area contributed by atoms with E-state index in [1.54, 1.807) is 0 Å².